The Morgan fingerprint density at radius 1 is 1.19 bits per heavy atom. The molecule has 0 radical (unpaired) electrons. The van der Waals surface area contributed by atoms with Crippen LogP contribution in [0.2, 0.25) is 5.02 Å². The topological polar surface area (TPSA) is 134 Å². The molecular formula is C17H20ClN3O5S. The van der Waals surface area contributed by atoms with Crippen molar-refractivity contribution < 1.29 is 22.7 Å². The molecule has 2 rings (SSSR count). The van der Waals surface area contributed by atoms with Gasteiger partial charge in [-0.05, 0) is 48.9 Å². The van der Waals surface area contributed by atoms with Crippen LogP contribution in [-0.2, 0) is 21.4 Å². The molecule has 0 aliphatic carbocycles. The molecular weight excluding hydrogens is 394 g/mol. The van der Waals surface area contributed by atoms with Crippen LogP contribution in [0, 0.1) is 0 Å². The largest absolute Gasteiger partial charge is 0.490 e. The van der Waals surface area contributed by atoms with Crippen molar-refractivity contribution in [2.45, 2.75) is 18.4 Å². The Balaban J connectivity index is 2.15. The Morgan fingerprint density at radius 3 is 2.41 bits per heavy atom. The number of hydrogen-bond acceptors (Lipinski definition) is 6. The lowest BCUT2D eigenvalue weighted by Gasteiger charge is -2.15. The van der Waals surface area contributed by atoms with E-state index in [-0.39, 0.29) is 22.3 Å². The van der Waals surface area contributed by atoms with Crippen LogP contribution in [-0.4, -0.2) is 27.5 Å². The lowest BCUT2D eigenvalue weighted by molar-refractivity contribution is -0.119. The zero-order chi connectivity index (χ0) is 20.0. The van der Waals surface area contributed by atoms with E-state index in [9.17, 15) is 13.2 Å². The van der Waals surface area contributed by atoms with Gasteiger partial charge in [0.1, 0.15) is 0 Å². The van der Waals surface area contributed by atoms with Gasteiger partial charge in [0.25, 0.3) is 5.91 Å². The summed E-state index contributed by atoms with van der Waals surface area (Å²) in [7, 11) is -3.73. The first-order valence-electron chi connectivity index (χ1n) is 7.93. The number of sulfonamides is 1. The Kier molecular flexibility index (Phi) is 6.89. The highest BCUT2D eigenvalue weighted by atomic mass is 35.5. The molecule has 0 aliphatic heterocycles. The molecule has 0 fully saturated rings. The minimum atomic E-state index is -3.73. The number of carbonyl (C=O) groups is 1. The molecule has 0 heterocycles. The minimum absolute atomic E-state index is 0.0330. The Hall–Kier alpha value is -2.49. The van der Waals surface area contributed by atoms with Crippen LogP contribution in [0.25, 0.3) is 0 Å². The van der Waals surface area contributed by atoms with Crippen molar-refractivity contribution in [2.75, 3.05) is 18.5 Å². The fraction of sp³-hybridized carbons (Fsp3) is 0.235. The molecule has 0 atom stereocenters. The molecule has 0 saturated heterocycles. The van der Waals surface area contributed by atoms with Crippen LogP contribution in [0.3, 0.4) is 0 Å². The zero-order valence-electron chi connectivity index (χ0n) is 14.6. The Morgan fingerprint density at radius 2 is 1.85 bits per heavy atom. The third-order valence-corrected chi connectivity index (χ3v) is 4.62. The number of ether oxygens (including phenoxy) is 2. The molecule has 2 aromatic carbocycles. The summed E-state index contributed by atoms with van der Waals surface area (Å²) in [5, 5.41) is 8.50. The normalized spacial score (nSPS) is 11.1. The van der Waals surface area contributed by atoms with Crippen LogP contribution < -0.4 is 25.7 Å². The molecule has 0 saturated carbocycles. The monoisotopic (exact) mass is 413 g/mol. The van der Waals surface area contributed by atoms with E-state index in [1.54, 1.807) is 24.3 Å². The molecule has 0 unspecified atom stereocenters. The second-order valence-electron chi connectivity index (χ2n) is 5.52. The van der Waals surface area contributed by atoms with E-state index in [4.69, 9.17) is 31.9 Å². The maximum Gasteiger partial charge on any atom is 0.255 e. The van der Waals surface area contributed by atoms with Gasteiger partial charge in [0.2, 0.25) is 10.0 Å². The summed E-state index contributed by atoms with van der Waals surface area (Å²) in [6.45, 7) is 2.28. The average molecular weight is 414 g/mol. The van der Waals surface area contributed by atoms with Crippen molar-refractivity contribution in [3.05, 3.63) is 47.0 Å². The number of primary amides is 1. The molecule has 2 aromatic rings. The van der Waals surface area contributed by atoms with Crippen molar-refractivity contribution in [1.29, 1.82) is 0 Å². The molecule has 0 spiro atoms. The third-order valence-electron chi connectivity index (χ3n) is 3.41. The standard InChI is InChI=1S/C17H20ClN3O5S/c1-2-25-15-8-11(7-14(18)17(15)26-10-16(19)22)9-21-12-3-5-13(6-4-12)27(20,23)24/h3-8,21H,2,9-10H2,1H3,(H2,19,22)(H2,20,23,24). The minimum Gasteiger partial charge on any atom is -0.490 e. The molecule has 10 heteroatoms. The van der Waals surface area contributed by atoms with Crippen molar-refractivity contribution >= 4 is 33.2 Å². The first kappa shape index (κ1) is 20.8. The van der Waals surface area contributed by atoms with Gasteiger partial charge in [-0.15, -0.1) is 0 Å². The van der Waals surface area contributed by atoms with E-state index in [1.807, 2.05) is 6.92 Å². The summed E-state index contributed by atoms with van der Waals surface area (Å²) < 4.78 is 33.4. The molecule has 1 amide bonds. The van der Waals surface area contributed by atoms with Crippen molar-refractivity contribution in [3.63, 3.8) is 0 Å². The number of benzene rings is 2. The molecule has 5 N–H and O–H groups in total. The highest BCUT2D eigenvalue weighted by Gasteiger charge is 2.14. The maximum absolute atomic E-state index is 11.3. The van der Waals surface area contributed by atoms with Crippen LogP contribution in [0.15, 0.2) is 41.3 Å². The van der Waals surface area contributed by atoms with Crippen LogP contribution in [0.5, 0.6) is 11.5 Å². The maximum atomic E-state index is 11.3. The van der Waals surface area contributed by atoms with Gasteiger partial charge in [0.15, 0.2) is 18.1 Å². The van der Waals surface area contributed by atoms with Gasteiger partial charge in [-0.2, -0.15) is 0 Å². The first-order valence-corrected chi connectivity index (χ1v) is 9.86. The summed E-state index contributed by atoms with van der Waals surface area (Å²) in [4.78, 5) is 11.0. The molecule has 27 heavy (non-hydrogen) atoms. The highest BCUT2D eigenvalue weighted by molar-refractivity contribution is 7.89. The summed E-state index contributed by atoms with van der Waals surface area (Å²) in [5.74, 6) is 0.0217. The van der Waals surface area contributed by atoms with Crippen molar-refractivity contribution in [1.82, 2.24) is 0 Å². The predicted molar refractivity (Wildman–Crippen MR) is 102 cm³/mol. The molecule has 8 nitrogen and oxygen atoms in total. The third kappa shape index (κ3) is 6.02. The second kappa shape index (κ2) is 8.94. The van der Waals surface area contributed by atoms with Crippen LogP contribution >= 0.6 is 11.6 Å². The quantitative estimate of drug-likeness (QED) is 0.574. The Bertz CT molecular complexity index is 917. The number of carbonyl (C=O) groups excluding carboxylic acids is 1. The van der Waals surface area contributed by atoms with E-state index < -0.39 is 15.9 Å². The van der Waals surface area contributed by atoms with E-state index in [1.165, 1.54) is 12.1 Å². The molecule has 0 bridgehead atoms. The van der Waals surface area contributed by atoms with Crippen LogP contribution in [0.1, 0.15) is 12.5 Å². The van der Waals surface area contributed by atoms with E-state index in [0.29, 0.717) is 24.6 Å². The summed E-state index contributed by atoms with van der Waals surface area (Å²) in [6, 6.07) is 9.45. The van der Waals surface area contributed by atoms with E-state index >= 15 is 0 Å². The summed E-state index contributed by atoms with van der Waals surface area (Å²) >= 11 is 6.24. The number of halogens is 1. The second-order valence-corrected chi connectivity index (χ2v) is 7.48. The van der Waals surface area contributed by atoms with Gasteiger partial charge < -0.3 is 20.5 Å². The SMILES string of the molecule is CCOc1cc(CNc2ccc(S(N)(=O)=O)cc2)cc(Cl)c1OCC(N)=O. The molecule has 146 valence electrons. The van der Waals surface area contributed by atoms with Gasteiger partial charge in [-0.25, -0.2) is 13.6 Å². The van der Waals surface area contributed by atoms with Gasteiger partial charge in [-0.1, -0.05) is 11.6 Å². The highest BCUT2D eigenvalue weighted by Crippen LogP contribution is 2.37. The Labute approximate surface area is 162 Å². The molecule has 0 aliphatic rings. The summed E-state index contributed by atoms with van der Waals surface area (Å²) in [5.41, 5.74) is 6.59. The number of primary sulfonamides is 1. The zero-order valence-corrected chi connectivity index (χ0v) is 16.1. The fourth-order valence-electron chi connectivity index (χ4n) is 2.24. The van der Waals surface area contributed by atoms with Gasteiger partial charge >= 0.3 is 0 Å². The lowest BCUT2D eigenvalue weighted by Crippen LogP contribution is -2.20. The van der Waals surface area contributed by atoms with Gasteiger partial charge in [-0.3, -0.25) is 4.79 Å². The van der Waals surface area contributed by atoms with Gasteiger partial charge in [0.05, 0.1) is 16.5 Å². The summed E-state index contributed by atoms with van der Waals surface area (Å²) in [6.07, 6.45) is 0. The molecule has 0 aromatic heterocycles. The predicted octanol–water partition coefficient (Wildman–Crippen LogP) is 1.86. The van der Waals surface area contributed by atoms with Crippen molar-refractivity contribution in [2.24, 2.45) is 10.9 Å². The van der Waals surface area contributed by atoms with Gasteiger partial charge in [0, 0.05) is 12.2 Å². The average Bonchev–Trinajstić information content (AvgIpc) is 2.59. The van der Waals surface area contributed by atoms with Crippen molar-refractivity contribution in [3.8, 4) is 11.5 Å². The number of nitrogens with two attached hydrogens (primary N) is 2. The fourth-order valence-corrected chi connectivity index (χ4v) is 3.04. The number of hydrogen-bond donors (Lipinski definition) is 3. The lowest BCUT2D eigenvalue weighted by atomic mass is 10.2. The van der Waals surface area contributed by atoms with E-state index in [2.05, 4.69) is 5.32 Å². The van der Waals surface area contributed by atoms with Crippen LogP contribution in [0.4, 0.5) is 5.69 Å². The number of rotatable bonds is 9. The smallest absolute Gasteiger partial charge is 0.255 e. The van der Waals surface area contributed by atoms with E-state index in [0.717, 1.165) is 5.56 Å². The first-order chi connectivity index (χ1) is 12.7. The number of anilines is 1. The number of nitrogens with one attached hydrogen (secondary N) is 1. The number of amides is 1.